The summed E-state index contributed by atoms with van der Waals surface area (Å²) in [5, 5.41) is 13.5. The normalized spacial score (nSPS) is 19.2. The van der Waals surface area contributed by atoms with Gasteiger partial charge in [0.2, 0.25) is 0 Å². The predicted molar refractivity (Wildman–Crippen MR) is 135 cm³/mol. The molecule has 1 saturated heterocycles. The number of rotatable bonds is 9. The molecule has 0 aromatic carbocycles. The fourth-order valence-corrected chi connectivity index (χ4v) is 6.58. The minimum atomic E-state index is -1.12. The maximum atomic E-state index is 11.5. The van der Waals surface area contributed by atoms with Crippen molar-refractivity contribution in [3.8, 4) is 0 Å². The van der Waals surface area contributed by atoms with Crippen LogP contribution in [0.2, 0.25) is 0 Å². The standard InChI is InChI=1S/C26H47BN2O4/c1-13-21(5,6)25(22(7,8)14-2)26(23(9,10)15-3,24(11,12)16-4)33-27(32-25)19-17-28-29(18-19)20(30)31/h17-18H,13-16H2,1-12H3,(H,30,31). The van der Waals surface area contributed by atoms with E-state index in [2.05, 4.69) is 88.2 Å². The van der Waals surface area contributed by atoms with Gasteiger partial charge in [-0.25, -0.2) is 4.79 Å². The lowest BCUT2D eigenvalue weighted by Crippen LogP contribution is -2.76. The highest BCUT2D eigenvalue weighted by Gasteiger charge is 2.79. The molecule has 0 aliphatic carbocycles. The summed E-state index contributed by atoms with van der Waals surface area (Å²) in [4.78, 5) is 11.5. The molecule has 0 amide bonds. The molecule has 1 fully saturated rings. The summed E-state index contributed by atoms with van der Waals surface area (Å²) in [5.41, 5.74) is -1.62. The zero-order valence-corrected chi connectivity index (χ0v) is 23.1. The van der Waals surface area contributed by atoms with Crippen molar-refractivity contribution >= 4 is 18.7 Å². The summed E-state index contributed by atoms with van der Waals surface area (Å²) in [6, 6.07) is 0. The first-order valence-electron chi connectivity index (χ1n) is 12.6. The molecule has 1 aromatic heterocycles. The molecule has 33 heavy (non-hydrogen) atoms. The zero-order valence-electron chi connectivity index (χ0n) is 23.1. The van der Waals surface area contributed by atoms with Gasteiger partial charge in [0.1, 0.15) is 0 Å². The van der Waals surface area contributed by atoms with Crippen molar-refractivity contribution in [3.63, 3.8) is 0 Å². The Morgan fingerprint density at radius 2 is 1.18 bits per heavy atom. The first-order valence-corrected chi connectivity index (χ1v) is 12.6. The quantitative estimate of drug-likeness (QED) is 0.432. The van der Waals surface area contributed by atoms with Crippen molar-refractivity contribution in [1.29, 1.82) is 0 Å². The van der Waals surface area contributed by atoms with Crippen LogP contribution < -0.4 is 5.46 Å². The summed E-state index contributed by atoms with van der Waals surface area (Å²) >= 11 is 0. The van der Waals surface area contributed by atoms with Crippen LogP contribution in [-0.4, -0.2) is 39.3 Å². The third-order valence-corrected chi connectivity index (χ3v) is 9.48. The van der Waals surface area contributed by atoms with Crippen molar-refractivity contribution < 1.29 is 19.2 Å². The van der Waals surface area contributed by atoms with Gasteiger partial charge >= 0.3 is 13.2 Å². The van der Waals surface area contributed by atoms with Crippen molar-refractivity contribution in [2.75, 3.05) is 0 Å². The molecule has 0 spiro atoms. The number of hydrogen-bond acceptors (Lipinski definition) is 4. The third-order valence-electron chi connectivity index (χ3n) is 9.48. The molecule has 1 N–H and O–H groups in total. The Balaban J connectivity index is 3.03. The highest BCUT2D eigenvalue weighted by Crippen LogP contribution is 2.70. The first kappa shape index (κ1) is 27.9. The van der Waals surface area contributed by atoms with Crippen LogP contribution in [0.3, 0.4) is 0 Å². The van der Waals surface area contributed by atoms with E-state index in [0.717, 1.165) is 30.4 Å². The molecule has 0 bridgehead atoms. The second-order valence-electron chi connectivity index (χ2n) is 12.4. The molecule has 2 heterocycles. The van der Waals surface area contributed by atoms with E-state index >= 15 is 0 Å². The largest absolute Gasteiger partial charge is 0.498 e. The summed E-state index contributed by atoms with van der Waals surface area (Å²) in [5.74, 6) is 0. The van der Waals surface area contributed by atoms with Crippen LogP contribution in [0.4, 0.5) is 4.79 Å². The third kappa shape index (κ3) is 3.69. The fraction of sp³-hybridized carbons (Fsp3) is 0.846. The molecule has 1 aromatic rings. The zero-order chi connectivity index (χ0) is 25.7. The average Bonchev–Trinajstić information content (AvgIpc) is 3.38. The Bertz CT molecular complexity index is 780. The van der Waals surface area contributed by atoms with Gasteiger partial charge in [-0.3, -0.25) is 0 Å². The number of carbonyl (C=O) groups is 1. The average molecular weight is 462 g/mol. The minimum Gasteiger partial charge on any atom is -0.463 e. The lowest BCUT2D eigenvalue weighted by molar-refractivity contribution is -0.273. The molecule has 1 aliphatic rings. The van der Waals surface area contributed by atoms with Crippen LogP contribution in [-0.2, 0) is 9.31 Å². The van der Waals surface area contributed by atoms with Crippen LogP contribution in [0.15, 0.2) is 12.4 Å². The monoisotopic (exact) mass is 462 g/mol. The van der Waals surface area contributed by atoms with E-state index in [-0.39, 0.29) is 21.7 Å². The number of nitrogens with zero attached hydrogens (tertiary/aromatic N) is 2. The Morgan fingerprint density at radius 1 is 0.848 bits per heavy atom. The molecule has 2 rings (SSSR count). The number of hydrogen-bond donors (Lipinski definition) is 1. The van der Waals surface area contributed by atoms with E-state index in [1.165, 1.54) is 6.20 Å². The Hall–Kier alpha value is -1.34. The topological polar surface area (TPSA) is 73.6 Å². The van der Waals surface area contributed by atoms with Gasteiger partial charge in [-0.15, -0.1) is 0 Å². The van der Waals surface area contributed by atoms with Gasteiger partial charge in [-0.1, -0.05) is 83.1 Å². The maximum absolute atomic E-state index is 11.5. The molecular weight excluding hydrogens is 415 g/mol. The fourth-order valence-electron chi connectivity index (χ4n) is 6.58. The van der Waals surface area contributed by atoms with E-state index in [1.807, 2.05) is 0 Å². The van der Waals surface area contributed by atoms with Crippen LogP contribution in [0.1, 0.15) is 109 Å². The van der Waals surface area contributed by atoms with Gasteiger partial charge in [0, 0.05) is 17.9 Å². The summed E-state index contributed by atoms with van der Waals surface area (Å²) in [6.07, 6.45) is 5.64. The van der Waals surface area contributed by atoms with E-state index < -0.39 is 24.4 Å². The van der Waals surface area contributed by atoms with Gasteiger partial charge in [0.15, 0.2) is 0 Å². The summed E-state index contributed by atoms with van der Waals surface area (Å²) in [7, 11) is -0.702. The van der Waals surface area contributed by atoms with Crippen LogP contribution >= 0.6 is 0 Å². The molecule has 0 unspecified atom stereocenters. The van der Waals surface area contributed by atoms with E-state index in [1.54, 1.807) is 6.20 Å². The van der Waals surface area contributed by atoms with Gasteiger partial charge in [0.05, 0.1) is 11.2 Å². The SMILES string of the molecule is CCC(C)(C)C1(C(C)(C)CC)OB(c2cnn(C(=O)O)c2)OC1(C(C)(C)CC)C(C)(C)CC. The lowest BCUT2D eigenvalue weighted by atomic mass is 9.41. The van der Waals surface area contributed by atoms with Crippen molar-refractivity contribution in [2.24, 2.45) is 21.7 Å². The first-order chi connectivity index (χ1) is 15.0. The van der Waals surface area contributed by atoms with Crippen molar-refractivity contribution in [2.45, 2.75) is 120 Å². The smallest absolute Gasteiger partial charge is 0.463 e. The minimum absolute atomic E-state index is 0.233. The predicted octanol–water partition coefficient (Wildman–Crippen LogP) is 6.37. The molecule has 1 aliphatic heterocycles. The van der Waals surface area contributed by atoms with E-state index in [0.29, 0.717) is 5.46 Å². The van der Waals surface area contributed by atoms with E-state index in [4.69, 9.17) is 9.31 Å². The Morgan fingerprint density at radius 3 is 1.42 bits per heavy atom. The molecule has 0 radical (unpaired) electrons. The molecule has 0 saturated carbocycles. The van der Waals surface area contributed by atoms with Crippen LogP contribution in [0.5, 0.6) is 0 Å². The highest BCUT2D eigenvalue weighted by atomic mass is 16.7. The van der Waals surface area contributed by atoms with Crippen LogP contribution in [0, 0.1) is 21.7 Å². The van der Waals surface area contributed by atoms with Gasteiger partial charge in [-0.05, 0) is 47.3 Å². The Labute approximate surface area is 202 Å². The van der Waals surface area contributed by atoms with Gasteiger partial charge < -0.3 is 14.4 Å². The van der Waals surface area contributed by atoms with Gasteiger partial charge in [-0.2, -0.15) is 9.78 Å². The molecule has 6 nitrogen and oxygen atoms in total. The lowest BCUT2D eigenvalue weighted by Gasteiger charge is -2.69. The van der Waals surface area contributed by atoms with Crippen LogP contribution in [0.25, 0.3) is 0 Å². The van der Waals surface area contributed by atoms with Gasteiger partial charge in [0.25, 0.3) is 0 Å². The number of aromatic nitrogens is 2. The summed E-state index contributed by atoms with van der Waals surface area (Å²) < 4.78 is 15.5. The Kier molecular flexibility index (Phi) is 7.36. The summed E-state index contributed by atoms with van der Waals surface area (Å²) in [6.45, 7) is 27.4. The molecule has 7 heteroatoms. The molecule has 0 atom stereocenters. The second-order valence-corrected chi connectivity index (χ2v) is 12.4. The molecular formula is C26H47BN2O4. The highest BCUT2D eigenvalue weighted by molar-refractivity contribution is 6.62. The molecule has 188 valence electrons. The second kappa shape index (κ2) is 8.71. The van der Waals surface area contributed by atoms with Crippen molar-refractivity contribution in [3.05, 3.63) is 12.4 Å². The van der Waals surface area contributed by atoms with Crippen molar-refractivity contribution in [1.82, 2.24) is 9.78 Å². The maximum Gasteiger partial charge on any atom is 0.498 e. The number of carboxylic acid groups (broad SMARTS) is 1. The van der Waals surface area contributed by atoms with E-state index in [9.17, 15) is 9.90 Å².